The first kappa shape index (κ1) is 17.2. The van der Waals surface area contributed by atoms with Gasteiger partial charge in [0, 0.05) is 17.1 Å². The maximum Gasteiger partial charge on any atom is 0.237 e. The number of carbonyl (C=O) groups is 1. The number of nitrogens with one attached hydrogen (secondary N) is 1. The summed E-state index contributed by atoms with van der Waals surface area (Å²) in [6.45, 7) is 3.73. The van der Waals surface area contributed by atoms with Gasteiger partial charge in [-0.15, -0.1) is 0 Å². The van der Waals surface area contributed by atoms with Gasteiger partial charge in [-0.25, -0.2) is 9.97 Å². The van der Waals surface area contributed by atoms with E-state index >= 15 is 0 Å². The van der Waals surface area contributed by atoms with E-state index in [0.717, 1.165) is 15.9 Å². The number of carbonyl (C=O) groups excluding carboxylic acids is 1. The van der Waals surface area contributed by atoms with E-state index in [9.17, 15) is 4.79 Å². The van der Waals surface area contributed by atoms with Crippen molar-refractivity contribution in [1.29, 1.82) is 0 Å². The van der Waals surface area contributed by atoms with Crippen molar-refractivity contribution in [2.45, 2.75) is 24.1 Å². The summed E-state index contributed by atoms with van der Waals surface area (Å²) in [5, 5.41) is 4.39. The zero-order chi connectivity index (χ0) is 17.8. The fourth-order valence-corrected chi connectivity index (χ4v) is 3.40. The number of aryl methyl sites for hydroxylation is 1. The number of fused-ring (bicyclic) bond motifs is 1. The molecule has 0 saturated carbocycles. The number of aromatic nitrogens is 2. The Bertz CT molecular complexity index is 914. The third kappa shape index (κ3) is 4.09. The van der Waals surface area contributed by atoms with Crippen molar-refractivity contribution in [3.63, 3.8) is 0 Å². The van der Waals surface area contributed by atoms with Gasteiger partial charge >= 0.3 is 0 Å². The summed E-state index contributed by atoms with van der Waals surface area (Å²) in [6.07, 6.45) is 0. The van der Waals surface area contributed by atoms with Crippen LogP contribution in [-0.2, 0) is 4.79 Å². The van der Waals surface area contributed by atoms with Crippen LogP contribution in [0.15, 0.2) is 53.6 Å². The largest absolute Gasteiger partial charge is 0.497 e. The van der Waals surface area contributed by atoms with Crippen LogP contribution in [0.25, 0.3) is 10.9 Å². The van der Waals surface area contributed by atoms with Crippen LogP contribution >= 0.6 is 11.8 Å². The van der Waals surface area contributed by atoms with E-state index in [4.69, 9.17) is 4.74 Å². The maximum atomic E-state index is 12.5. The normalized spacial score (nSPS) is 12.0. The second-order valence-electron chi connectivity index (χ2n) is 5.57. The minimum absolute atomic E-state index is 0.0846. The molecule has 3 rings (SSSR count). The molecular weight excluding hydrogens is 334 g/mol. The molecule has 25 heavy (non-hydrogen) atoms. The van der Waals surface area contributed by atoms with E-state index < -0.39 is 0 Å². The molecule has 0 aliphatic rings. The van der Waals surface area contributed by atoms with Gasteiger partial charge in [-0.05, 0) is 32.0 Å². The Labute approximate surface area is 150 Å². The van der Waals surface area contributed by atoms with Crippen LogP contribution < -0.4 is 10.1 Å². The third-order valence-electron chi connectivity index (χ3n) is 3.67. The average molecular weight is 353 g/mol. The molecule has 0 saturated heterocycles. The molecule has 0 fully saturated rings. The van der Waals surface area contributed by atoms with Crippen molar-refractivity contribution in [3.05, 3.63) is 54.4 Å². The quantitative estimate of drug-likeness (QED) is 0.553. The lowest BCUT2D eigenvalue weighted by Crippen LogP contribution is -2.22. The van der Waals surface area contributed by atoms with Crippen molar-refractivity contribution in [3.8, 4) is 5.75 Å². The zero-order valence-electron chi connectivity index (χ0n) is 14.3. The molecule has 6 heteroatoms. The Morgan fingerprint density at radius 1 is 1.16 bits per heavy atom. The first-order valence-electron chi connectivity index (χ1n) is 7.92. The van der Waals surface area contributed by atoms with E-state index in [2.05, 4.69) is 15.3 Å². The highest BCUT2D eigenvalue weighted by atomic mass is 32.2. The number of amides is 1. The first-order chi connectivity index (χ1) is 12.1. The third-order valence-corrected chi connectivity index (χ3v) is 4.78. The molecule has 5 nitrogen and oxygen atoms in total. The zero-order valence-corrected chi connectivity index (χ0v) is 15.1. The smallest absolute Gasteiger partial charge is 0.237 e. The molecule has 1 heterocycles. The Hall–Kier alpha value is -2.60. The number of hydrogen-bond donors (Lipinski definition) is 1. The second kappa shape index (κ2) is 7.53. The second-order valence-corrected chi connectivity index (χ2v) is 6.90. The summed E-state index contributed by atoms with van der Waals surface area (Å²) in [6, 6.07) is 15.1. The number of hydrogen-bond acceptors (Lipinski definition) is 5. The summed E-state index contributed by atoms with van der Waals surface area (Å²) in [7, 11) is 1.60. The van der Waals surface area contributed by atoms with E-state index in [1.54, 1.807) is 13.2 Å². The molecular formula is C19H19N3O2S. The predicted molar refractivity (Wildman–Crippen MR) is 101 cm³/mol. The molecule has 0 bridgehead atoms. The molecule has 0 spiro atoms. The van der Waals surface area contributed by atoms with Gasteiger partial charge in [0.15, 0.2) is 0 Å². The summed E-state index contributed by atoms with van der Waals surface area (Å²) in [5.41, 5.74) is 1.60. The highest BCUT2D eigenvalue weighted by Crippen LogP contribution is 2.29. The van der Waals surface area contributed by atoms with Crippen molar-refractivity contribution in [2.75, 3.05) is 12.4 Å². The first-order valence-corrected chi connectivity index (χ1v) is 8.80. The highest BCUT2D eigenvalue weighted by Gasteiger charge is 2.17. The van der Waals surface area contributed by atoms with Gasteiger partial charge in [0.1, 0.15) is 16.6 Å². The monoisotopic (exact) mass is 353 g/mol. The lowest BCUT2D eigenvalue weighted by atomic mass is 10.2. The molecule has 0 aliphatic heterocycles. The fourth-order valence-electron chi connectivity index (χ4n) is 2.41. The lowest BCUT2D eigenvalue weighted by Gasteiger charge is -2.13. The molecule has 128 valence electrons. The lowest BCUT2D eigenvalue weighted by molar-refractivity contribution is -0.115. The van der Waals surface area contributed by atoms with Crippen LogP contribution in [0.3, 0.4) is 0 Å². The minimum atomic E-state index is -0.302. The predicted octanol–water partition coefficient (Wildman–Crippen LogP) is 4.07. The Morgan fingerprint density at radius 3 is 2.76 bits per heavy atom. The van der Waals surface area contributed by atoms with Gasteiger partial charge in [0.2, 0.25) is 5.91 Å². The van der Waals surface area contributed by atoms with Crippen LogP contribution in [0, 0.1) is 6.92 Å². The van der Waals surface area contributed by atoms with Crippen molar-refractivity contribution in [1.82, 2.24) is 9.97 Å². The van der Waals surface area contributed by atoms with E-state index in [1.807, 2.05) is 56.3 Å². The maximum absolute atomic E-state index is 12.5. The number of para-hydroxylation sites is 1. The van der Waals surface area contributed by atoms with Gasteiger partial charge in [0.25, 0.3) is 0 Å². The van der Waals surface area contributed by atoms with Gasteiger partial charge in [-0.1, -0.05) is 36.0 Å². The van der Waals surface area contributed by atoms with Crippen LogP contribution in [0.4, 0.5) is 5.69 Å². The molecule has 0 aliphatic carbocycles. The fraction of sp³-hybridized carbons (Fsp3) is 0.211. The highest BCUT2D eigenvalue weighted by molar-refractivity contribution is 8.00. The Morgan fingerprint density at radius 2 is 1.96 bits per heavy atom. The van der Waals surface area contributed by atoms with E-state index in [0.29, 0.717) is 17.3 Å². The van der Waals surface area contributed by atoms with Gasteiger partial charge in [-0.2, -0.15) is 0 Å². The molecule has 2 aromatic carbocycles. The standard InChI is InChI=1S/C19H19N3O2S/c1-12(18(23)22-14-7-6-8-15(11-14)24-3)25-19-16-9-4-5-10-17(16)20-13(2)21-19/h4-12H,1-3H3,(H,22,23)/t12-/m1/s1. The molecule has 0 unspecified atom stereocenters. The van der Waals surface area contributed by atoms with Crippen LogP contribution in [0.2, 0.25) is 0 Å². The Balaban J connectivity index is 1.77. The number of methoxy groups -OCH3 is 1. The SMILES string of the molecule is COc1cccc(NC(=O)[C@@H](C)Sc2nc(C)nc3ccccc23)c1. The molecule has 0 radical (unpaired) electrons. The van der Waals surface area contributed by atoms with Gasteiger partial charge in [-0.3, -0.25) is 4.79 Å². The molecule has 1 N–H and O–H groups in total. The van der Waals surface area contributed by atoms with Crippen LogP contribution in [0.5, 0.6) is 5.75 Å². The van der Waals surface area contributed by atoms with Crippen LogP contribution in [-0.4, -0.2) is 28.2 Å². The summed E-state index contributed by atoms with van der Waals surface area (Å²) >= 11 is 1.43. The number of anilines is 1. The minimum Gasteiger partial charge on any atom is -0.497 e. The van der Waals surface area contributed by atoms with Gasteiger partial charge in [0.05, 0.1) is 17.9 Å². The number of ether oxygens (including phenoxy) is 1. The van der Waals surface area contributed by atoms with Gasteiger partial charge < -0.3 is 10.1 Å². The van der Waals surface area contributed by atoms with Crippen LogP contribution in [0.1, 0.15) is 12.7 Å². The van der Waals surface area contributed by atoms with E-state index in [-0.39, 0.29) is 11.2 Å². The molecule has 1 amide bonds. The molecule has 1 atom stereocenters. The average Bonchev–Trinajstić information content (AvgIpc) is 2.61. The molecule has 1 aromatic heterocycles. The summed E-state index contributed by atoms with van der Waals surface area (Å²) in [5.74, 6) is 1.32. The number of rotatable bonds is 5. The number of nitrogens with zero attached hydrogens (tertiary/aromatic N) is 2. The Kier molecular flexibility index (Phi) is 5.19. The number of thioether (sulfide) groups is 1. The van der Waals surface area contributed by atoms with Crippen molar-refractivity contribution in [2.24, 2.45) is 0 Å². The van der Waals surface area contributed by atoms with Crippen molar-refractivity contribution >= 4 is 34.3 Å². The summed E-state index contributed by atoms with van der Waals surface area (Å²) in [4.78, 5) is 21.5. The summed E-state index contributed by atoms with van der Waals surface area (Å²) < 4.78 is 5.18. The van der Waals surface area contributed by atoms with Crippen molar-refractivity contribution < 1.29 is 9.53 Å². The topological polar surface area (TPSA) is 64.1 Å². The van der Waals surface area contributed by atoms with E-state index in [1.165, 1.54) is 11.8 Å². The number of benzene rings is 2. The molecule has 3 aromatic rings.